The van der Waals surface area contributed by atoms with Gasteiger partial charge in [-0.25, -0.2) is 4.98 Å². The van der Waals surface area contributed by atoms with Gasteiger partial charge < -0.3 is 19.1 Å². The minimum atomic E-state index is -0.00837. The number of fused-ring (bicyclic) bond motifs is 2. The van der Waals surface area contributed by atoms with Gasteiger partial charge in [0, 0.05) is 39.1 Å². The summed E-state index contributed by atoms with van der Waals surface area (Å²) in [5, 5.41) is 9.28. The van der Waals surface area contributed by atoms with Gasteiger partial charge in [0.15, 0.2) is 5.13 Å². The van der Waals surface area contributed by atoms with Gasteiger partial charge in [0.1, 0.15) is 11.6 Å². The Labute approximate surface area is 166 Å². The first-order valence-corrected chi connectivity index (χ1v) is 10.5. The molecule has 0 saturated carbocycles. The molecular weight excluding hydrogens is 376 g/mol. The van der Waals surface area contributed by atoms with Gasteiger partial charge in [-0.15, -0.1) is 10.2 Å². The van der Waals surface area contributed by atoms with Gasteiger partial charge in [0.25, 0.3) is 5.91 Å². The van der Waals surface area contributed by atoms with Crippen molar-refractivity contribution in [2.75, 3.05) is 37.7 Å². The number of anilines is 1. The van der Waals surface area contributed by atoms with Crippen LogP contribution in [0.2, 0.25) is 0 Å². The Morgan fingerprint density at radius 2 is 2.04 bits per heavy atom. The largest absolute Gasteiger partial charge is 0.494 e. The zero-order valence-corrected chi connectivity index (χ0v) is 16.6. The van der Waals surface area contributed by atoms with E-state index in [0.29, 0.717) is 25.5 Å². The molecule has 1 fully saturated rings. The summed E-state index contributed by atoms with van der Waals surface area (Å²) in [7, 11) is 0. The van der Waals surface area contributed by atoms with Crippen molar-refractivity contribution >= 4 is 32.6 Å². The summed E-state index contributed by atoms with van der Waals surface area (Å²) in [4.78, 5) is 21.8. The maximum Gasteiger partial charge on any atom is 0.291 e. The Morgan fingerprint density at radius 3 is 2.86 bits per heavy atom. The Hall–Kier alpha value is -2.68. The quantitative estimate of drug-likeness (QED) is 0.671. The monoisotopic (exact) mass is 398 g/mol. The van der Waals surface area contributed by atoms with Crippen molar-refractivity contribution in [3.05, 3.63) is 29.8 Å². The van der Waals surface area contributed by atoms with E-state index >= 15 is 0 Å². The number of hydrogen-bond acceptors (Lipinski definition) is 7. The molecular formula is C19H22N6O2S. The van der Waals surface area contributed by atoms with E-state index in [2.05, 4.69) is 15.1 Å². The van der Waals surface area contributed by atoms with Gasteiger partial charge in [0.2, 0.25) is 5.82 Å². The van der Waals surface area contributed by atoms with Crippen LogP contribution in [0.4, 0.5) is 5.13 Å². The molecule has 1 saturated heterocycles. The number of ether oxygens (including phenoxy) is 1. The van der Waals surface area contributed by atoms with Crippen molar-refractivity contribution in [3.8, 4) is 5.75 Å². The van der Waals surface area contributed by atoms with Crippen LogP contribution in [0.5, 0.6) is 5.75 Å². The van der Waals surface area contributed by atoms with E-state index in [0.717, 1.165) is 59.4 Å². The van der Waals surface area contributed by atoms with Crippen molar-refractivity contribution in [1.82, 2.24) is 24.6 Å². The molecule has 0 unspecified atom stereocenters. The molecule has 0 atom stereocenters. The predicted molar refractivity (Wildman–Crippen MR) is 107 cm³/mol. The second-order valence-corrected chi connectivity index (χ2v) is 8.04. The lowest BCUT2D eigenvalue weighted by molar-refractivity contribution is 0.0729. The minimum Gasteiger partial charge on any atom is -0.494 e. The second kappa shape index (κ2) is 7.05. The summed E-state index contributed by atoms with van der Waals surface area (Å²) < 4.78 is 8.68. The SMILES string of the molecule is CCOc1ccc2nc(N3CCN(C(=O)c4nnc5n4CCC5)CC3)sc2c1. The van der Waals surface area contributed by atoms with Crippen LogP contribution in [0.3, 0.4) is 0 Å². The molecule has 0 aliphatic carbocycles. The van der Waals surface area contributed by atoms with Crippen molar-refractivity contribution in [1.29, 1.82) is 0 Å². The molecule has 1 amide bonds. The third-order valence-electron chi connectivity index (χ3n) is 5.30. The highest BCUT2D eigenvalue weighted by molar-refractivity contribution is 7.22. The summed E-state index contributed by atoms with van der Waals surface area (Å²) in [5.74, 6) is 2.29. The summed E-state index contributed by atoms with van der Waals surface area (Å²) >= 11 is 1.67. The Balaban J connectivity index is 1.28. The molecule has 2 aliphatic rings. The lowest BCUT2D eigenvalue weighted by atomic mass is 10.3. The molecule has 2 aliphatic heterocycles. The highest BCUT2D eigenvalue weighted by Crippen LogP contribution is 2.32. The lowest BCUT2D eigenvalue weighted by Gasteiger charge is -2.34. The van der Waals surface area contributed by atoms with Gasteiger partial charge in [-0.2, -0.15) is 0 Å². The van der Waals surface area contributed by atoms with Crippen LogP contribution >= 0.6 is 11.3 Å². The van der Waals surface area contributed by atoms with E-state index in [1.807, 2.05) is 34.6 Å². The van der Waals surface area contributed by atoms with Crippen molar-refractivity contribution in [2.24, 2.45) is 0 Å². The first-order chi connectivity index (χ1) is 13.7. The number of rotatable bonds is 4. The average molecular weight is 398 g/mol. The Bertz CT molecular complexity index is 1020. The molecule has 5 rings (SSSR count). The van der Waals surface area contributed by atoms with Crippen LogP contribution in [0.1, 0.15) is 29.8 Å². The molecule has 8 nitrogen and oxygen atoms in total. The zero-order valence-electron chi connectivity index (χ0n) is 15.8. The van der Waals surface area contributed by atoms with Crippen molar-refractivity contribution in [2.45, 2.75) is 26.3 Å². The van der Waals surface area contributed by atoms with E-state index in [1.165, 1.54) is 0 Å². The first kappa shape index (κ1) is 17.4. The highest BCUT2D eigenvalue weighted by atomic mass is 32.1. The van der Waals surface area contributed by atoms with Crippen molar-refractivity contribution < 1.29 is 9.53 Å². The lowest BCUT2D eigenvalue weighted by Crippen LogP contribution is -2.49. The molecule has 9 heteroatoms. The number of hydrogen-bond donors (Lipinski definition) is 0. The van der Waals surface area contributed by atoms with Gasteiger partial charge in [-0.05, 0) is 31.5 Å². The number of carbonyl (C=O) groups is 1. The summed E-state index contributed by atoms with van der Waals surface area (Å²) in [6.07, 6.45) is 1.96. The zero-order chi connectivity index (χ0) is 19.1. The highest BCUT2D eigenvalue weighted by Gasteiger charge is 2.29. The predicted octanol–water partition coefficient (Wildman–Crippen LogP) is 2.20. The van der Waals surface area contributed by atoms with E-state index in [-0.39, 0.29) is 5.91 Å². The average Bonchev–Trinajstić information content (AvgIpc) is 3.43. The normalized spacial score (nSPS) is 16.6. The van der Waals surface area contributed by atoms with Crippen LogP contribution in [0, 0.1) is 0 Å². The number of nitrogens with zero attached hydrogens (tertiary/aromatic N) is 6. The molecule has 0 bridgehead atoms. The molecule has 4 heterocycles. The minimum absolute atomic E-state index is 0.00837. The fourth-order valence-corrected chi connectivity index (χ4v) is 4.88. The maximum atomic E-state index is 12.9. The number of aryl methyl sites for hydroxylation is 1. The molecule has 0 N–H and O–H groups in total. The maximum absolute atomic E-state index is 12.9. The van der Waals surface area contributed by atoms with Crippen LogP contribution in [-0.2, 0) is 13.0 Å². The fourth-order valence-electron chi connectivity index (χ4n) is 3.84. The number of carbonyl (C=O) groups excluding carboxylic acids is 1. The van der Waals surface area contributed by atoms with Crippen LogP contribution in [-0.4, -0.2) is 63.3 Å². The van der Waals surface area contributed by atoms with Gasteiger partial charge in [0.05, 0.1) is 16.8 Å². The number of benzene rings is 1. The molecule has 146 valence electrons. The smallest absolute Gasteiger partial charge is 0.291 e. The van der Waals surface area contributed by atoms with Gasteiger partial charge in [-0.3, -0.25) is 4.79 Å². The van der Waals surface area contributed by atoms with Crippen molar-refractivity contribution in [3.63, 3.8) is 0 Å². The van der Waals surface area contributed by atoms with E-state index in [9.17, 15) is 4.79 Å². The summed E-state index contributed by atoms with van der Waals surface area (Å²) in [6.45, 7) is 6.36. The third kappa shape index (κ3) is 2.99. The number of aromatic nitrogens is 4. The molecule has 1 aromatic carbocycles. The number of amides is 1. The number of piperazine rings is 1. The third-order valence-corrected chi connectivity index (χ3v) is 6.38. The second-order valence-electron chi connectivity index (χ2n) is 7.03. The first-order valence-electron chi connectivity index (χ1n) is 9.72. The summed E-state index contributed by atoms with van der Waals surface area (Å²) in [6, 6.07) is 6.01. The Kier molecular flexibility index (Phi) is 4.38. The standard InChI is InChI=1S/C19H22N6O2S/c1-2-27-13-5-6-14-15(12-13)28-19(20-14)24-10-8-23(9-11-24)18(26)17-22-21-16-4-3-7-25(16)17/h5-6,12H,2-4,7-11H2,1H3. The molecule has 0 spiro atoms. The fraction of sp³-hybridized carbons (Fsp3) is 0.474. The van der Waals surface area contributed by atoms with E-state index < -0.39 is 0 Å². The van der Waals surface area contributed by atoms with E-state index in [1.54, 1.807) is 11.3 Å². The molecule has 28 heavy (non-hydrogen) atoms. The topological polar surface area (TPSA) is 76.4 Å². The van der Waals surface area contributed by atoms with E-state index in [4.69, 9.17) is 9.72 Å². The Morgan fingerprint density at radius 1 is 1.18 bits per heavy atom. The van der Waals surface area contributed by atoms with Gasteiger partial charge in [-0.1, -0.05) is 11.3 Å². The number of thiazole rings is 1. The molecule has 0 radical (unpaired) electrons. The summed E-state index contributed by atoms with van der Waals surface area (Å²) in [5.41, 5.74) is 0.987. The van der Waals surface area contributed by atoms with Crippen LogP contribution in [0.15, 0.2) is 18.2 Å². The van der Waals surface area contributed by atoms with Crippen LogP contribution in [0.25, 0.3) is 10.2 Å². The van der Waals surface area contributed by atoms with Crippen LogP contribution < -0.4 is 9.64 Å². The molecule has 2 aromatic heterocycles. The molecule has 3 aromatic rings. The van der Waals surface area contributed by atoms with Gasteiger partial charge >= 0.3 is 0 Å².